The highest BCUT2D eigenvalue weighted by Crippen LogP contribution is 2.45. The first-order valence-corrected chi connectivity index (χ1v) is 13.8. The highest BCUT2D eigenvalue weighted by molar-refractivity contribution is 9.10. The SMILES string of the molecule is O=C(NC1CC1)[C@]1(C/C=C/c2ccccc2)N=C(c2ccc(OCCCO)cc2)O[C@@H]1c1ccccc1Br. The Labute approximate surface area is 231 Å². The van der Waals surface area contributed by atoms with Crippen LogP contribution in [0.3, 0.4) is 0 Å². The minimum Gasteiger partial charge on any atom is -0.494 e. The summed E-state index contributed by atoms with van der Waals surface area (Å²) in [4.78, 5) is 19.0. The van der Waals surface area contributed by atoms with Gasteiger partial charge in [0, 0.05) is 41.1 Å². The van der Waals surface area contributed by atoms with E-state index in [0.29, 0.717) is 31.1 Å². The number of nitrogens with zero attached hydrogens (tertiary/aromatic N) is 1. The Kier molecular flexibility index (Phi) is 8.25. The van der Waals surface area contributed by atoms with Crippen molar-refractivity contribution in [1.82, 2.24) is 5.32 Å². The predicted octanol–water partition coefficient (Wildman–Crippen LogP) is 5.85. The molecule has 1 saturated carbocycles. The van der Waals surface area contributed by atoms with Gasteiger partial charge in [-0.3, -0.25) is 4.79 Å². The second-order valence-corrected chi connectivity index (χ2v) is 10.4. The standard InChI is InChI=1S/C31H31BrN2O4/c32-27-12-5-4-11-26(27)28-31(30(36)33-24-15-16-24,19-6-10-22-8-2-1-3-9-22)34-29(38-28)23-13-17-25(18-14-23)37-21-7-20-35/h1-6,8-14,17-18,24,28,35H,7,15-16,19-21H2,(H,33,36)/b10-6+/t28-,31-/m1/s1. The molecule has 2 aliphatic rings. The number of carbonyl (C=O) groups excluding carboxylic acids is 1. The molecule has 0 unspecified atom stereocenters. The van der Waals surface area contributed by atoms with Crippen LogP contribution in [-0.4, -0.2) is 41.7 Å². The summed E-state index contributed by atoms with van der Waals surface area (Å²) in [7, 11) is 0. The number of aliphatic hydroxyl groups excluding tert-OH is 1. The highest BCUT2D eigenvalue weighted by atomic mass is 79.9. The van der Waals surface area contributed by atoms with Crippen LogP contribution in [0.25, 0.3) is 6.08 Å². The van der Waals surface area contributed by atoms with Crippen molar-refractivity contribution in [3.8, 4) is 5.75 Å². The van der Waals surface area contributed by atoms with Crippen LogP contribution in [-0.2, 0) is 9.53 Å². The molecule has 1 fully saturated rings. The lowest BCUT2D eigenvalue weighted by atomic mass is 9.84. The fraction of sp³-hybridized carbons (Fsp3) is 0.290. The number of hydrogen-bond acceptors (Lipinski definition) is 5. The minimum atomic E-state index is -1.18. The summed E-state index contributed by atoms with van der Waals surface area (Å²) < 4.78 is 13.1. The van der Waals surface area contributed by atoms with Crippen LogP contribution in [0.15, 0.2) is 94.4 Å². The van der Waals surface area contributed by atoms with Gasteiger partial charge in [0.15, 0.2) is 11.6 Å². The third kappa shape index (κ3) is 6.00. The molecule has 1 amide bonds. The molecule has 6 nitrogen and oxygen atoms in total. The van der Waals surface area contributed by atoms with Crippen LogP contribution in [0.4, 0.5) is 0 Å². The highest BCUT2D eigenvalue weighted by Gasteiger charge is 2.53. The largest absolute Gasteiger partial charge is 0.494 e. The second-order valence-electron chi connectivity index (χ2n) is 9.58. The normalized spacial score (nSPS) is 20.7. The molecule has 38 heavy (non-hydrogen) atoms. The van der Waals surface area contributed by atoms with E-state index in [9.17, 15) is 4.79 Å². The summed E-state index contributed by atoms with van der Waals surface area (Å²) in [5.41, 5.74) is 1.52. The third-order valence-corrected chi connectivity index (χ3v) is 7.39. The Balaban J connectivity index is 1.52. The van der Waals surface area contributed by atoms with Crippen molar-refractivity contribution in [2.75, 3.05) is 13.2 Å². The number of carbonyl (C=O) groups is 1. The zero-order chi connectivity index (χ0) is 26.4. The molecular weight excluding hydrogens is 544 g/mol. The Morgan fingerprint density at radius 2 is 1.82 bits per heavy atom. The first kappa shape index (κ1) is 26.2. The predicted molar refractivity (Wildman–Crippen MR) is 152 cm³/mol. The van der Waals surface area contributed by atoms with Crippen LogP contribution in [0, 0.1) is 0 Å². The number of aliphatic hydroxyl groups is 1. The van der Waals surface area contributed by atoms with Crippen molar-refractivity contribution in [3.63, 3.8) is 0 Å². The Hall–Kier alpha value is -3.42. The number of aliphatic imine (C=N–C) groups is 1. The maximum absolute atomic E-state index is 13.9. The number of nitrogens with one attached hydrogen (secondary N) is 1. The van der Waals surface area contributed by atoms with Gasteiger partial charge in [0.2, 0.25) is 5.90 Å². The fourth-order valence-corrected chi connectivity index (χ4v) is 4.95. The van der Waals surface area contributed by atoms with Gasteiger partial charge in [0.25, 0.3) is 5.91 Å². The maximum atomic E-state index is 13.9. The summed E-state index contributed by atoms with van der Waals surface area (Å²) in [5, 5.41) is 12.2. The van der Waals surface area contributed by atoms with Gasteiger partial charge in [-0.1, -0.05) is 76.6 Å². The van der Waals surface area contributed by atoms with E-state index >= 15 is 0 Å². The van der Waals surface area contributed by atoms with E-state index in [4.69, 9.17) is 19.6 Å². The molecule has 1 aliphatic heterocycles. The molecule has 196 valence electrons. The summed E-state index contributed by atoms with van der Waals surface area (Å²) in [5.74, 6) is 0.996. The van der Waals surface area contributed by atoms with E-state index < -0.39 is 11.6 Å². The lowest BCUT2D eigenvalue weighted by molar-refractivity contribution is -0.129. The van der Waals surface area contributed by atoms with E-state index in [1.165, 1.54) is 0 Å². The molecule has 0 bridgehead atoms. The summed E-state index contributed by atoms with van der Waals surface area (Å²) >= 11 is 3.68. The smallest absolute Gasteiger partial charge is 0.252 e. The van der Waals surface area contributed by atoms with Crippen LogP contribution < -0.4 is 10.1 Å². The number of amides is 1. The van der Waals surface area contributed by atoms with Crippen molar-refractivity contribution < 1.29 is 19.4 Å². The Morgan fingerprint density at radius 3 is 2.53 bits per heavy atom. The molecule has 2 N–H and O–H groups in total. The van der Waals surface area contributed by atoms with E-state index in [-0.39, 0.29) is 18.6 Å². The van der Waals surface area contributed by atoms with Gasteiger partial charge < -0.3 is 19.9 Å². The minimum absolute atomic E-state index is 0.0862. The van der Waals surface area contributed by atoms with Crippen LogP contribution in [0.2, 0.25) is 0 Å². The number of rotatable bonds is 11. The van der Waals surface area contributed by atoms with Crippen LogP contribution in [0.1, 0.15) is 48.5 Å². The molecule has 2 atom stereocenters. The molecule has 0 aromatic heterocycles. The van der Waals surface area contributed by atoms with Gasteiger partial charge in [-0.25, -0.2) is 4.99 Å². The average Bonchev–Trinajstić information content (AvgIpc) is 3.68. The fourth-order valence-electron chi connectivity index (χ4n) is 4.46. The van der Waals surface area contributed by atoms with Gasteiger partial charge >= 0.3 is 0 Å². The van der Waals surface area contributed by atoms with E-state index in [2.05, 4.69) is 21.2 Å². The number of benzene rings is 3. The van der Waals surface area contributed by atoms with Crippen LogP contribution in [0.5, 0.6) is 5.75 Å². The van der Waals surface area contributed by atoms with Crippen molar-refractivity contribution in [3.05, 3.63) is 106 Å². The molecule has 3 aromatic rings. The van der Waals surface area contributed by atoms with Gasteiger partial charge in [-0.15, -0.1) is 0 Å². The molecule has 1 heterocycles. The quantitative estimate of drug-likeness (QED) is 0.281. The molecule has 0 saturated heterocycles. The lowest BCUT2D eigenvalue weighted by Crippen LogP contribution is -2.48. The third-order valence-electron chi connectivity index (χ3n) is 6.67. The number of hydrogen-bond donors (Lipinski definition) is 2. The number of halogens is 1. The zero-order valence-electron chi connectivity index (χ0n) is 21.1. The van der Waals surface area contributed by atoms with E-state index in [1.54, 1.807) is 0 Å². The van der Waals surface area contributed by atoms with Gasteiger partial charge in [0.1, 0.15) is 5.75 Å². The Bertz CT molecular complexity index is 1300. The van der Waals surface area contributed by atoms with Crippen molar-refractivity contribution in [1.29, 1.82) is 0 Å². The summed E-state index contributed by atoms with van der Waals surface area (Å²) in [6, 6.07) is 25.5. The molecular formula is C31H31BrN2O4. The summed E-state index contributed by atoms with van der Waals surface area (Å²) in [6.07, 6.45) is 6.33. The van der Waals surface area contributed by atoms with Gasteiger partial charge in [-0.2, -0.15) is 0 Å². The van der Waals surface area contributed by atoms with E-state index in [1.807, 2.05) is 91.0 Å². The summed E-state index contributed by atoms with van der Waals surface area (Å²) in [6.45, 7) is 0.526. The second kappa shape index (κ2) is 12.0. The van der Waals surface area contributed by atoms with Gasteiger partial charge in [-0.05, 0) is 48.7 Å². The molecule has 1 aliphatic carbocycles. The number of ether oxygens (including phenoxy) is 2. The molecule has 5 rings (SSSR count). The van der Waals surface area contributed by atoms with Crippen molar-refractivity contribution in [2.45, 2.75) is 43.4 Å². The van der Waals surface area contributed by atoms with Crippen molar-refractivity contribution >= 4 is 33.8 Å². The monoisotopic (exact) mass is 574 g/mol. The average molecular weight is 576 g/mol. The van der Waals surface area contributed by atoms with E-state index in [0.717, 1.165) is 34.0 Å². The molecule has 0 radical (unpaired) electrons. The van der Waals surface area contributed by atoms with Gasteiger partial charge in [0.05, 0.1) is 6.61 Å². The van der Waals surface area contributed by atoms with Crippen molar-refractivity contribution in [2.24, 2.45) is 4.99 Å². The van der Waals surface area contributed by atoms with Crippen LogP contribution >= 0.6 is 15.9 Å². The molecule has 3 aromatic carbocycles. The maximum Gasteiger partial charge on any atom is 0.252 e. The zero-order valence-corrected chi connectivity index (χ0v) is 22.6. The first-order chi connectivity index (χ1) is 18.6. The topological polar surface area (TPSA) is 80.2 Å². The molecule has 0 spiro atoms. The first-order valence-electron chi connectivity index (χ1n) is 13.0. The Morgan fingerprint density at radius 1 is 1.08 bits per heavy atom. The molecule has 7 heteroatoms. The lowest BCUT2D eigenvalue weighted by Gasteiger charge is -2.30.